The van der Waals surface area contributed by atoms with Crippen molar-refractivity contribution in [2.24, 2.45) is 0 Å². The number of nitrogens with one attached hydrogen (secondary N) is 1. The van der Waals surface area contributed by atoms with Gasteiger partial charge >= 0.3 is 0 Å². The van der Waals surface area contributed by atoms with Crippen molar-refractivity contribution in [3.8, 4) is 0 Å². The first-order chi connectivity index (χ1) is 10.8. The average molecular weight is 296 g/mol. The van der Waals surface area contributed by atoms with Crippen LogP contribution in [0.2, 0.25) is 0 Å². The van der Waals surface area contributed by atoms with Gasteiger partial charge in [-0.15, -0.1) is 0 Å². The van der Waals surface area contributed by atoms with Crippen LogP contribution in [0.4, 0.5) is 0 Å². The van der Waals surface area contributed by atoms with Gasteiger partial charge in [0.2, 0.25) is 5.76 Å². The lowest BCUT2D eigenvalue weighted by Crippen LogP contribution is -2.24. The maximum atomic E-state index is 12.3. The Morgan fingerprint density at radius 2 is 2.23 bits per heavy atom. The van der Waals surface area contributed by atoms with Crippen molar-refractivity contribution in [3.05, 3.63) is 53.3 Å². The van der Waals surface area contributed by atoms with Gasteiger partial charge in [-0.1, -0.05) is 11.2 Å². The molecule has 1 N–H and O–H groups in total. The van der Waals surface area contributed by atoms with Gasteiger partial charge < -0.3 is 14.2 Å². The number of carbonyl (C=O) groups excluding carboxylic acids is 1. The molecule has 0 aromatic carbocycles. The summed E-state index contributed by atoms with van der Waals surface area (Å²) in [6.07, 6.45) is 7.67. The summed E-state index contributed by atoms with van der Waals surface area (Å²) in [4.78, 5) is 16.6. The topological polar surface area (TPSA) is 72.4 Å². The number of aryl methyl sites for hydroxylation is 1. The van der Waals surface area contributed by atoms with Crippen molar-refractivity contribution in [3.63, 3.8) is 0 Å². The van der Waals surface area contributed by atoms with Crippen LogP contribution < -0.4 is 5.32 Å². The third kappa shape index (κ3) is 2.16. The Labute approximate surface area is 127 Å². The largest absolute Gasteiger partial charge is 0.350 e. The molecule has 0 saturated heterocycles. The van der Waals surface area contributed by atoms with Crippen molar-refractivity contribution < 1.29 is 9.32 Å². The van der Waals surface area contributed by atoms with Crippen LogP contribution >= 0.6 is 0 Å². The number of aromatic nitrogens is 3. The van der Waals surface area contributed by atoms with Crippen molar-refractivity contribution in [2.75, 3.05) is 0 Å². The second-order valence-corrected chi connectivity index (χ2v) is 5.51. The third-order valence-electron chi connectivity index (χ3n) is 4.09. The Balaban J connectivity index is 1.52. The summed E-state index contributed by atoms with van der Waals surface area (Å²) in [6, 6.07) is 5.80. The summed E-state index contributed by atoms with van der Waals surface area (Å²) >= 11 is 0. The summed E-state index contributed by atoms with van der Waals surface area (Å²) < 4.78 is 7.21. The molecule has 0 saturated carbocycles. The van der Waals surface area contributed by atoms with Gasteiger partial charge in [0.05, 0.1) is 24.1 Å². The lowest BCUT2D eigenvalue weighted by molar-refractivity contribution is 0.0912. The van der Waals surface area contributed by atoms with E-state index in [1.807, 2.05) is 28.8 Å². The van der Waals surface area contributed by atoms with Crippen LogP contribution in [0.15, 0.2) is 35.1 Å². The highest BCUT2D eigenvalue weighted by molar-refractivity contribution is 5.93. The van der Waals surface area contributed by atoms with Crippen LogP contribution in [-0.4, -0.2) is 20.4 Å². The SMILES string of the molecule is O=C(NCc1cnc2ccccn12)c1onc2c1CCCC2. The number of hydrogen-bond donors (Lipinski definition) is 1. The van der Waals surface area contributed by atoms with Gasteiger partial charge in [0.1, 0.15) is 5.65 Å². The second-order valence-electron chi connectivity index (χ2n) is 5.51. The number of hydrogen-bond acceptors (Lipinski definition) is 4. The summed E-state index contributed by atoms with van der Waals surface area (Å²) in [5.74, 6) is 0.157. The fourth-order valence-electron chi connectivity index (χ4n) is 2.94. The molecule has 3 heterocycles. The van der Waals surface area contributed by atoms with Crippen LogP contribution in [-0.2, 0) is 19.4 Å². The predicted molar refractivity (Wildman–Crippen MR) is 79.5 cm³/mol. The smallest absolute Gasteiger partial charge is 0.290 e. The average Bonchev–Trinajstić information content (AvgIpc) is 3.17. The molecule has 0 bridgehead atoms. The van der Waals surface area contributed by atoms with Crippen LogP contribution in [0.25, 0.3) is 5.65 Å². The minimum absolute atomic E-state index is 0.207. The number of nitrogens with zero attached hydrogens (tertiary/aromatic N) is 3. The van der Waals surface area contributed by atoms with Gasteiger partial charge in [-0.25, -0.2) is 4.98 Å². The summed E-state index contributed by atoms with van der Waals surface area (Å²) in [5, 5.41) is 6.92. The van der Waals surface area contributed by atoms with Gasteiger partial charge in [0, 0.05) is 11.8 Å². The van der Waals surface area contributed by atoms with E-state index in [4.69, 9.17) is 4.52 Å². The minimum atomic E-state index is -0.207. The van der Waals surface area contributed by atoms with E-state index in [1.54, 1.807) is 6.20 Å². The fraction of sp³-hybridized carbons (Fsp3) is 0.312. The molecule has 1 aliphatic rings. The molecule has 0 unspecified atom stereocenters. The molecule has 112 valence electrons. The van der Waals surface area contributed by atoms with Crippen molar-refractivity contribution in [1.82, 2.24) is 19.9 Å². The van der Waals surface area contributed by atoms with E-state index in [2.05, 4.69) is 15.5 Å². The lowest BCUT2D eigenvalue weighted by atomic mass is 9.96. The lowest BCUT2D eigenvalue weighted by Gasteiger charge is -2.09. The number of rotatable bonds is 3. The van der Waals surface area contributed by atoms with Gasteiger partial charge in [0.25, 0.3) is 5.91 Å². The molecule has 6 heteroatoms. The number of pyridine rings is 1. The maximum absolute atomic E-state index is 12.3. The highest BCUT2D eigenvalue weighted by Crippen LogP contribution is 2.23. The molecule has 0 spiro atoms. The van der Waals surface area contributed by atoms with E-state index >= 15 is 0 Å². The normalized spacial score (nSPS) is 14.0. The first kappa shape index (κ1) is 13.1. The van der Waals surface area contributed by atoms with Crippen LogP contribution in [0.5, 0.6) is 0 Å². The molecule has 3 aromatic heterocycles. The Morgan fingerprint density at radius 1 is 1.32 bits per heavy atom. The monoisotopic (exact) mass is 296 g/mol. The number of carbonyl (C=O) groups is 1. The molecule has 1 amide bonds. The van der Waals surface area contributed by atoms with E-state index in [-0.39, 0.29) is 5.91 Å². The second kappa shape index (κ2) is 5.29. The van der Waals surface area contributed by atoms with E-state index < -0.39 is 0 Å². The number of imidazole rings is 1. The number of amides is 1. The standard InChI is InChI=1S/C16H16N4O2/c21-16(15-12-5-1-2-6-13(12)19-22-15)18-10-11-9-17-14-7-3-4-8-20(11)14/h3-4,7-9H,1-2,5-6,10H2,(H,18,21). The third-order valence-corrected chi connectivity index (χ3v) is 4.09. The Bertz CT molecular complexity index is 834. The summed E-state index contributed by atoms with van der Waals surface area (Å²) in [6.45, 7) is 0.402. The van der Waals surface area contributed by atoms with Crippen molar-refractivity contribution >= 4 is 11.6 Å². The van der Waals surface area contributed by atoms with Crippen LogP contribution in [0, 0.1) is 0 Å². The fourth-order valence-corrected chi connectivity index (χ4v) is 2.94. The van der Waals surface area contributed by atoms with Crippen molar-refractivity contribution in [1.29, 1.82) is 0 Å². The molecular formula is C16H16N4O2. The van der Waals surface area contributed by atoms with Gasteiger partial charge in [-0.3, -0.25) is 4.79 Å². The maximum Gasteiger partial charge on any atom is 0.290 e. The zero-order valence-corrected chi connectivity index (χ0v) is 12.1. The molecule has 22 heavy (non-hydrogen) atoms. The summed E-state index contributed by atoms with van der Waals surface area (Å²) in [5.41, 5.74) is 3.70. The minimum Gasteiger partial charge on any atom is -0.350 e. The van der Waals surface area contributed by atoms with E-state index in [0.29, 0.717) is 12.3 Å². The van der Waals surface area contributed by atoms with E-state index in [9.17, 15) is 4.79 Å². The van der Waals surface area contributed by atoms with Crippen LogP contribution in [0.3, 0.4) is 0 Å². The van der Waals surface area contributed by atoms with Gasteiger partial charge in [-0.05, 0) is 37.8 Å². The number of fused-ring (bicyclic) bond motifs is 2. The molecular weight excluding hydrogens is 280 g/mol. The molecule has 0 aliphatic heterocycles. The quantitative estimate of drug-likeness (QED) is 0.803. The zero-order valence-electron chi connectivity index (χ0n) is 12.1. The van der Waals surface area contributed by atoms with Gasteiger partial charge in [-0.2, -0.15) is 0 Å². The molecule has 0 radical (unpaired) electrons. The first-order valence-corrected chi connectivity index (χ1v) is 7.49. The molecule has 6 nitrogen and oxygen atoms in total. The Morgan fingerprint density at radius 3 is 3.18 bits per heavy atom. The molecule has 0 fully saturated rings. The predicted octanol–water partition coefficient (Wildman–Crippen LogP) is 2.13. The summed E-state index contributed by atoms with van der Waals surface area (Å²) in [7, 11) is 0. The Hall–Kier alpha value is -2.63. The highest BCUT2D eigenvalue weighted by Gasteiger charge is 2.24. The molecule has 1 aliphatic carbocycles. The Kier molecular flexibility index (Phi) is 3.14. The van der Waals surface area contributed by atoms with E-state index in [1.165, 1.54) is 0 Å². The van der Waals surface area contributed by atoms with E-state index in [0.717, 1.165) is 48.3 Å². The van der Waals surface area contributed by atoms with Crippen molar-refractivity contribution in [2.45, 2.75) is 32.2 Å². The molecule has 4 rings (SSSR count). The zero-order chi connectivity index (χ0) is 14.9. The molecule has 3 aromatic rings. The van der Waals surface area contributed by atoms with Gasteiger partial charge in [0.15, 0.2) is 0 Å². The first-order valence-electron chi connectivity index (χ1n) is 7.49. The highest BCUT2D eigenvalue weighted by atomic mass is 16.5. The molecule has 0 atom stereocenters. The van der Waals surface area contributed by atoms with Crippen LogP contribution in [0.1, 0.15) is 40.3 Å².